The fourth-order valence-electron chi connectivity index (χ4n) is 1.70. The Balaban J connectivity index is 1.97. The van der Waals surface area contributed by atoms with Crippen LogP contribution in [-0.2, 0) is 6.42 Å². The molecule has 2 N–H and O–H groups in total. The topological polar surface area (TPSA) is 62.2 Å². The van der Waals surface area contributed by atoms with Crippen LogP contribution in [0.25, 0.3) is 0 Å². The molecule has 104 valence electrons. The van der Waals surface area contributed by atoms with Gasteiger partial charge in [-0.05, 0) is 36.2 Å². The summed E-state index contributed by atoms with van der Waals surface area (Å²) in [4.78, 5) is 14.9. The van der Waals surface area contributed by atoms with Crippen LogP contribution >= 0.6 is 23.2 Å². The van der Waals surface area contributed by atoms with Crippen molar-refractivity contribution >= 4 is 35.0 Å². The van der Waals surface area contributed by atoms with Gasteiger partial charge >= 0.3 is 5.97 Å². The zero-order chi connectivity index (χ0) is 14.5. The van der Waals surface area contributed by atoms with Crippen LogP contribution in [0, 0.1) is 0 Å². The highest BCUT2D eigenvalue weighted by atomic mass is 35.5. The lowest BCUT2D eigenvalue weighted by atomic mass is 10.1. The number of halogens is 2. The van der Waals surface area contributed by atoms with Crippen LogP contribution in [0.3, 0.4) is 0 Å². The number of nitrogens with one attached hydrogen (secondary N) is 1. The lowest BCUT2D eigenvalue weighted by Gasteiger charge is -2.07. The fourth-order valence-corrected chi connectivity index (χ4v) is 2.03. The number of carbonyl (C=O) groups is 1. The summed E-state index contributed by atoms with van der Waals surface area (Å²) < 4.78 is 0. The number of pyridine rings is 1. The molecule has 0 saturated carbocycles. The number of aromatic carboxylic acids is 1. The minimum absolute atomic E-state index is 0.110. The van der Waals surface area contributed by atoms with Crippen molar-refractivity contribution in [2.45, 2.75) is 6.42 Å². The molecule has 0 radical (unpaired) electrons. The van der Waals surface area contributed by atoms with Gasteiger partial charge in [0.2, 0.25) is 0 Å². The first-order valence-corrected chi connectivity index (χ1v) is 6.69. The molecule has 0 aliphatic heterocycles. The van der Waals surface area contributed by atoms with E-state index >= 15 is 0 Å². The van der Waals surface area contributed by atoms with Gasteiger partial charge in [-0.2, -0.15) is 0 Å². The predicted molar refractivity (Wildman–Crippen MR) is 79.9 cm³/mol. The minimum atomic E-state index is -1.03. The van der Waals surface area contributed by atoms with E-state index < -0.39 is 5.97 Å². The van der Waals surface area contributed by atoms with E-state index in [-0.39, 0.29) is 10.7 Å². The van der Waals surface area contributed by atoms with Gasteiger partial charge in [0, 0.05) is 11.6 Å². The Morgan fingerprint density at radius 1 is 1.20 bits per heavy atom. The van der Waals surface area contributed by atoms with Crippen LogP contribution in [0.5, 0.6) is 0 Å². The van der Waals surface area contributed by atoms with Gasteiger partial charge in [-0.3, -0.25) is 0 Å². The van der Waals surface area contributed by atoms with E-state index in [0.717, 1.165) is 12.0 Å². The molecule has 0 bridgehead atoms. The van der Waals surface area contributed by atoms with E-state index in [1.54, 1.807) is 0 Å². The molecule has 1 aromatic carbocycles. The van der Waals surface area contributed by atoms with E-state index in [4.69, 9.17) is 28.3 Å². The molecule has 0 saturated heterocycles. The first kappa shape index (κ1) is 14.6. The van der Waals surface area contributed by atoms with Crippen LogP contribution in [0.4, 0.5) is 5.82 Å². The summed E-state index contributed by atoms with van der Waals surface area (Å²) >= 11 is 11.6. The predicted octanol–water partition coefficient (Wildman–Crippen LogP) is 3.74. The van der Waals surface area contributed by atoms with Gasteiger partial charge in [-0.1, -0.05) is 35.3 Å². The molecule has 2 rings (SSSR count). The summed E-state index contributed by atoms with van der Waals surface area (Å²) in [6.07, 6.45) is 0.772. The van der Waals surface area contributed by atoms with Crippen LogP contribution in [-0.4, -0.2) is 22.6 Å². The summed E-state index contributed by atoms with van der Waals surface area (Å²) in [7, 11) is 0. The largest absolute Gasteiger partial charge is 0.478 e. The molecule has 0 fully saturated rings. The van der Waals surface area contributed by atoms with Crippen molar-refractivity contribution in [2.75, 3.05) is 11.9 Å². The maximum absolute atomic E-state index is 10.9. The molecule has 0 spiro atoms. The second kappa shape index (κ2) is 6.59. The Kier molecular flexibility index (Phi) is 4.82. The van der Waals surface area contributed by atoms with Crippen LogP contribution in [0.2, 0.25) is 10.2 Å². The number of nitrogens with zero attached hydrogens (tertiary/aromatic N) is 1. The molecule has 0 aliphatic carbocycles. The SMILES string of the molecule is O=C(O)c1cc(Cl)nc(NCCc2ccc(Cl)cc2)c1. The lowest BCUT2D eigenvalue weighted by molar-refractivity contribution is 0.0697. The molecule has 0 amide bonds. The monoisotopic (exact) mass is 310 g/mol. The number of hydrogen-bond donors (Lipinski definition) is 2. The Bertz CT molecular complexity index is 615. The van der Waals surface area contributed by atoms with Crippen molar-refractivity contribution in [3.05, 3.63) is 57.7 Å². The molecular formula is C14H12Cl2N2O2. The highest BCUT2D eigenvalue weighted by Gasteiger charge is 2.07. The number of carboxylic acid groups (broad SMARTS) is 1. The number of aromatic nitrogens is 1. The molecule has 20 heavy (non-hydrogen) atoms. The van der Waals surface area contributed by atoms with Crippen LogP contribution in [0.15, 0.2) is 36.4 Å². The highest BCUT2D eigenvalue weighted by molar-refractivity contribution is 6.30. The molecule has 6 heteroatoms. The zero-order valence-electron chi connectivity index (χ0n) is 10.4. The van der Waals surface area contributed by atoms with Gasteiger partial charge in [-0.15, -0.1) is 0 Å². The van der Waals surface area contributed by atoms with Crippen molar-refractivity contribution < 1.29 is 9.90 Å². The van der Waals surface area contributed by atoms with Gasteiger partial charge < -0.3 is 10.4 Å². The van der Waals surface area contributed by atoms with Crippen molar-refractivity contribution in [3.63, 3.8) is 0 Å². The summed E-state index contributed by atoms with van der Waals surface area (Å²) in [5.41, 5.74) is 1.24. The van der Waals surface area contributed by atoms with Crippen molar-refractivity contribution in [3.8, 4) is 0 Å². The Hall–Kier alpha value is -1.78. The molecule has 2 aromatic rings. The molecule has 1 heterocycles. The summed E-state index contributed by atoms with van der Waals surface area (Å²) in [6, 6.07) is 10.3. The fraction of sp³-hybridized carbons (Fsp3) is 0.143. The number of benzene rings is 1. The van der Waals surface area contributed by atoms with Gasteiger partial charge in [0.05, 0.1) is 5.56 Å². The van der Waals surface area contributed by atoms with Crippen molar-refractivity contribution in [2.24, 2.45) is 0 Å². The number of rotatable bonds is 5. The van der Waals surface area contributed by atoms with Gasteiger partial charge in [0.1, 0.15) is 11.0 Å². The van der Waals surface area contributed by atoms with E-state index in [0.29, 0.717) is 17.4 Å². The molecule has 0 aliphatic rings. The van der Waals surface area contributed by atoms with Crippen LogP contribution in [0.1, 0.15) is 15.9 Å². The van der Waals surface area contributed by atoms with E-state index in [1.165, 1.54) is 12.1 Å². The molecular weight excluding hydrogens is 299 g/mol. The summed E-state index contributed by atoms with van der Waals surface area (Å²) in [6.45, 7) is 0.619. The first-order valence-electron chi connectivity index (χ1n) is 5.94. The maximum atomic E-state index is 10.9. The van der Waals surface area contributed by atoms with E-state index in [1.807, 2.05) is 24.3 Å². The third-order valence-electron chi connectivity index (χ3n) is 2.67. The standard InChI is InChI=1S/C14H12Cl2N2O2/c15-11-3-1-9(2-4-11)5-6-17-13-8-10(14(19)20)7-12(16)18-13/h1-4,7-8H,5-6H2,(H,17,18)(H,19,20). The molecule has 0 unspecified atom stereocenters. The average Bonchev–Trinajstić information content (AvgIpc) is 2.40. The van der Waals surface area contributed by atoms with Gasteiger partial charge in [-0.25, -0.2) is 9.78 Å². The maximum Gasteiger partial charge on any atom is 0.335 e. The molecule has 4 nitrogen and oxygen atoms in total. The average molecular weight is 311 g/mol. The van der Waals surface area contributed by atoms with E-state index in [9.17, 15) is 4.79 Å². The van der Waals surface area contributed by atoms with Crippen LogP contribution < -0.4 is 5.32 Å². The number of carboxylic acids is 1. The zero-order valence-corrected chi connectivity index (χ0v) is 11.9. The third kappa shape index (κ3) is 4.11. The van der Waals surface area contributed by atoms with Crippen molar-refractivity contribution in [1.82, 2.24) is 4.98 Å². The van der Waals surface area contributed by atoms with Crippen molar-refractivity contribution in [1.29, 1.82) is 0 Å². The molecule has 1 aromatic heterocycles. The number of anilines is 1. The molecule has 0 atom stereocenters. The first-order chi connectivity index (χ1) is 9.54. The quantitative estimate of drug-likeness (QED) is 0.826. The third-order valence-corrected chi connectivity index (χ3v) is 3.12. The second-order valence-corrected chi connectivity index (χ2v) is 5.00. The second-order valence-electron chi connectivity index (χ2n) is 4.17. The number of hydrogen-bond acceptors (Lipinski definition) is 3. The smallest absolute Gasteiger partial charge is 0.335 e. The minimum Gasteiger partial charge on any atom is -0.478 e. The summed E-state index contributed by atoms with van der Waals surface area (Å²) in [5, 5.41) is 12.8. The Morgan fingerprint density at radius 3 is 2.55 bits per heavy atom. The Morgan fingerprint density at radius 2 is 1.90 bits per heavy atom. The van der Waals surface area contributed by atoms with E-state index in [2.05, 4.69) is 10.3 Å². The normalized spacial score (nSPS) is 10.3. The highest BCUT2D eigenvalue weighted by Crippen LogP contribution is 2.15. The lowest BCUT2D eigenvalue weighted by Crippen LogP contribution is -2.08. The van der Waals surface area contributed by atoms with Gasteiger partial charge in [0.15, 0.2) is 0 Å². The summed E-state index contributed by atoms with van der Waals surface area (Å²) in [5.74, 6) is -0.584. The van der Waals surface area contributed by atoms with Gasteiger partial charge in [0.25, 0.3) is 0 Å². The Labute approximate surface area is 126 Å².